The third-order valence-electron chi connectivity index (χ3n) is 6.76. The van der Waals surface area contributed by atoms with E-state index in [1.54, 1.807) is 0 Å². The van der Waals surface area contributed by atoms with Crippen LogP contribution in [-0.4, -0.2) is 9.55 Å². The van der Waals surface area contributed by atoms with Crippen molar-refractivity contribution in [2.75, 3.05) is 0 Å². The Morgan fingerprint density at radius 2 is 1.12 bits per heavy atom. The number of aromatic nitrogens is 2. The summed E-state index contributed by atoms with van der Waals surface area (Å²) < 4.78 is 2.38. The zero-order valence-electron chi connectivity index (χ0n) is 21.1. The van der Waals surface area contributed by atoms with Gasteiger partial charge in [-0.1, -0.05) is 134 Å². The van der Waals surface area contributed by atoms with E-state index in [0.717, 1.165) is 19.4 Å². The van der Waals surface area contributed by atoms with Crippen LogP contribution >= 0.6 is 0 Å². The van der Waals surface area contributed by atoms with E-state index in [1.807, 2.05) is 6.20 Å². The largest absolute Gasteiger partial charge is 0.335 e. The minimum Gasteiger partial charge on any atom is -0.335 e. The molecule has 0 radical (unpaired) electrons. The summed E-state index contributed by atoms with van der Waals surface area (Å²) in [5.74, 6) is 1.27. The topological polar surface area (TPSA) is 17.8 Å². The van der Waals surface area contributed by atoms with Gasteiger partial charge >= 0.3 is 0 Å². The van der Waals surface area contributed by atoms with Crippen molar-refractivity contribution >= 4 is 0 Å². The summed E-state index contributed by atoms with van der Waals surface area (Å²) in [7, 11) is 0. The van der Waals surface area contributed by atoms with Crippen molar-refractivity contribution in [3.8, 4) is 0 Å². The van der Waals surface area contributed by atoms with Crippen molar-refractivity contribution in [3.63, 3.8) is 0 Å². The van der Waals surface area contributed by atoms with Gasteiger partial charge in [0.25, 0.3) is 0 Å². The maximum Gasteiger partial charge on any atom is 0.108 e. The molecule has 0 aliphatic heterocycles. The number of nitrogens with zero attached hydrogens (tertiary/aromatic N) is 2. The van der Waals surface area contributed by atoms with E-state index in [9.17, 15) is 0 Å². The van der Waals surface area contributed by atoms with Crippen molar-refractivity contribution in [1.82, 2.24) is 9.55 Å². The molecule has 0 spiro atoms. The van der Waals surface area contributed by atoms with Crippen LogP contribution in [0.5, 0.6) is 0 Å². The van der Waals surface area contributed by atoms with Crippen molar-refractivity contribution in [2.45, 2.75) is 135 Å². The van der Waals surface area contributed by atoms with Gasteiger partial charge in [0, 0.05) is 25.4 Å². The summed E-state index contributed by atoms with van der Waals surface area (Å²) >= 11 is 0. The Bertz CT molecular complexity index is 646. The van der Waals surface area contributed by atoms with E-state index >= 15 is 0 Å². The molecule has 2 nitrogen and oxygen atoms in total. The van der Waals surface area contributed by atoms with Crippen molar-refractivity contribution < 1.29 is 0 Å². The number of benzene rings is 1. The molecule has 32 heavy (non-hydrogen) atoms. The van der Waals surface area contributed by atoms with Gasteiger partial charge < -0.3 is 4.57 Å². The number of hydrogen-bond donors (Lipinski definition) is 0. The first-order valence-electron chi connectivity index (χ1n) is 13.9. The molecule has 0 amide bonds. The number of aryl methyl sites for hydroxylation is 3. The lowest BCUT2D eigenvalue weighted by Gasteiger charge is -2.08. The maximum atomic E-state index is 4.60. The first-order chi connectivity index (χ1) is 15.9. The SMILES string of the molecule is CCCCCCCCCCCCCCCCCCn1ccnc1CCCc1ccccc1. The molecule has 0 unspecified atom stereocenters. The van der Waals surface area contributed by atoms with E-state index in [-0.39, 0.29) is 0 Å². The van der Waals surface area contributed by atoms with E-state index in [1.165, 1.54) is 121 Å². The van der Waals surface area contributed by atoms with E-state index in [2.05, 4.69) is 53.0 Å². The smallest absolute Gasteiger partial charge is 0.108 e. The standard InChI is InChI=1S/C30H50N2/c1-2-3-4-5-6-7-8-9-10-11-12-13-14-15-16-20-27-32-28-26-31-30(32)25-21-24-29-22-18-17-19-23-29/h17-19,22-23,26,28H,2-16,20-21,24-25,27H2,1H3. The van der Waals surface area contributed by atoms with Gasteiger partial charge in [-0.15, -0.1) is 0 Å². The first-order valence-corrected chi connectivity index (χ1v) is 13.9. The second-order valence-corrected chi connectivity index (χ2v) is 9.68. The summed E-state index contributed by atoms with van der Waals surface area (Å²) in [4.78, 5) is 4.60. The zero-order chi connectivity index (χ0) is 22.5. The quantitative estimate of drug-likeness (QED) is 0.177. The fraction of sp³-hybridized carbons (Fsp3) is 0.700. The van der Waals surface area contributed by atoms with Gasteiger partial charge in [0.2, 0.25) is 0 Å². The predicted octanol–water partition coefficient (Wildman–Crippen LogP) is 9.32. The van der Waals surface area contributed by atoms with Crippen LogP contribution in [0.15, 0.2) is 42.7 Å². The lowest BCUT2D eigenvalue weighted by Crippen LogP contribution is -2.04. The van der Waals surface area contributed by atoms with Gasteiger partial charge in [0.15, 0.2) is 0 Å². The Morgan fingerprint density at radius 1 is 0.594 bits per heavy atom. The Hall–Kier alpha value is -1.57. The fourth-order valence-electron chi connectivity index (χ4n) is 4.70. The number of imidazole rings is 1. The first kappa shape index (κ1) is 26.7. The second-order valence-electron chi connectivity index (χ2n) is 9.68. The molecule has 0 fully saturated rings. The van der Waals surface area contributed by atoms with Gasteiger partial charge in [0.1, 0.15) is 5.82 Å². The third kappa shape index (κ3) is 13.1. The monoisotopic (exact) mass is 438 g/mol. The predicted molar refractivity (Wildman–Crippen MR) is 140 cm³/mol. The molecule has 1 aromatic carbocycles. The molecular weight excluding hydrogens is 388 g/mol. The molecule has 1 aromatic heterocycles. The Morgan fingerprint density at radius 3 is 1.69 bits per heavy atom. The average molecular weight is 439 g/mol. The van der Waals surface area contributed by atoms with Gasteiger partial charge in [-0.3, -0.25) is 0 Å². The number of unbranched alkanes of at least 4 members (excludes halogenated alkanes) is 15. The molecule has 2 heteroatoms. The van der Waals surface area contributed by atoms with Crippen molar-refractivity contribution in [3.05, 3.63) is 54.1 Å². The summed E-state index contributed by atoms with van der Waals surface area (Å²) in [6, 6.07) is 10.8. The molecule has 2 aromatic rings. The molecule has 2 rings (SSSR count). The minimum atomic E-state index is 1.08. The van der Waals surface area contributed by atoms with Crippen LogP contribution in [0, 0.1) is 0 Å². The van der Waals surface area contributed by atoms with Gasteiger partial charge in [-0.05, 0) is 24.8 Å². The normalized spacial score (nSPS) is 11.3. The lowest BCUT2D eigenvalue weighted by molar-refractivity contribution is 0.516. The highest BCUT2D eigenvalue weighted by Crippen LogP contribution is 2.14. The molecule has 180 valence electrons. The Balaban J connectivity index is 1.37. The van der Waals surface area contributed by atoms with Crippen LogP contribution in [0.3, 0.4) is 0 Å². The molecule has 0 saturated carbocycles. The second kappa shape index (κ2) is 18.9. The summed E-state index contributed by atoms with van der Waals surface area (Å²) in [5, 5.41) is 0. The molecule has 0 aliphatic carbocycles. The van der Waals surface area contributed by atoms with Crippen LogP contribution in [0.2, 0.25) is 0 Å². The van der Waals surface area contributed by atoms with Crippen LogP contribution in [0.25, 0.3) is 0 Å². The molecule has 0 saturated heterocycles. The molecule has 0 atom stereocenters. The highest BCUT2D eigenvalue weighted by Gasteiger charge is 2.03. The zero-order valence-corrected chi connectivity index (χ0v) is 21.1. The van der Waals surface area contributed by atoms with E-state index in [4.69, 9.17) is 0 Å². The van der Waals surface area contributed by atoms with Crippen LogP contribution in [0.4, 0.5) is 0 Å². The summed E-state index contributed by atoms with van der Waals surface area (Å²) in [6.45, 7) is 3.44. The molecular formula is C30H50N2. The van der Waals surface area contributed by atoms with Crippen LogP contribution in [-0.2, 0) is 19.4 Å². The van der Waals surface area contributed by atoms with E-state index in [0.29, 0.717) is 0 Å². The Kier molecular flexibility index (Phi) is 15.8. The average Bonchev–Trinajstić information content (AvgIpc) is 3.26. The lowest BCUT2D eigenvalue weighted by atomic mass is 10.0. The molecule has 0 aliphatic rings. The van der Waals surface area contributed by atoms with Crippen LogP contribution in [0.1, 0.15) is 127 Å². The van der Waals surface area contributed by atoms with Gasteiger partial charge in [-0.25, -0.2) is 4.98 Å². The van der Waals surface area contributed by atoms with Gasteiger partial charge in [-0.2, -0.15) is 0 Å². The molecule has 1 heterocycles. The van der Waals surface area contributed by atoms with E-state index < -0.39 is 0 Å². The highest BCUT2D eigenvalue weighted by molar-refractivity contribution is 5.14. The third-order valence-corrected chi connectivity index (χ3v) is 6.76. The van der Waals surface area contributed by atoms with Crippen LogP contribution < -0.4 is 0 Å². The minimum absolute atomic E-state index is 1.08. The number of hydrogen-bond acceptors (Lipinski definition) is 1. The summed E-state index contributed by atoms with van der Waals surface area (Å²) in [6.07, 6.45) is 30.4. The molecule has 0 N–H and O–H groups in total. The maximum absolute atomic E-state index is 4.60. The Labute approximate surface area is 199 Å². The summed E-state index contributed by atoms with van der Waals surface area (Å²) in [5.41, 5.74) is 1.43. The van der Waals surface area contributed by atoms with Crippen molar-refractivity contribution in [1.29, 1.82) is 0 Å². The van der Waals surface area contributed by atoms with Gasteiger partial charge in [0.05, 0.1) is 0 Å². The molecule has 0 bridgehead atoms. The van der Waals surface area contributed by atoms with Crippen molar-refractivity contribution in [2.24, 2.45) is 0 Å². The number of rotatable bonds is 21. The fourth-order valence-corrected chi connectivity index (χ4v) is 4.70. The highest BCUT2D eigenvalue weighted by atomic mass is 15.1.